The fourth-order valence-corrected chi connectivity index (χ4v) is 5.26. The Kier molecular flexibility index (Phi) is 3.28. The molecule has 0 spiro atoms. The van der Waals surface area contributed by atoms with E-state index in [1.165, 1.54) is 21.5 Å². The van der Waals surface area contributed by atoms with E-state index in [2.05, 4.69) is 88.4 Å². The van der Waals surface area contributed by atoms with Crippen LogP contribution in [-0.2, 0) is 0 Å². The Morgan fingerprint density at radius 2 is 1.04 bits per heavy atom. The first-order valence-electron chi connectivity index (χ1n) is 7.75. The van der Waals surface area contributed by atoms with Crippen LogP contribution < -0.4 is 9.05 Å². The van der Waals surface area contributed by atoms with Gasteiger partial charge in [-0.3, -0.25) is 0 Å². The predicted octanol–water partition coefficient (Wildman–Crippen LogP) is 5.56. The Hall–Kier alpha value is -2.05. The summed E-state index contributed by atoms with van der Waals surface area (Å²) in [5, 5.41) is 4.78. The monoisotopic (exact) mass is 396 g/mol. The van der Waals surface area contributed by atoms with E-state index in [-0.39, 0.29) is 0 Å². The van der Waals surface area contributed by atoms with E-state index in [9.17, 15) is 0 Å². The van der Waals surface area contributed by atoms with Crippen LogP contribution in [0.3, 0.4) is 0 Å². The van der Waals surface area contributed by atoms with Gasteiger partial charge in [0.25, 0.3) is 0 Å². The van der Waals surface area contributed by atoms with E-state index in [1.807, 2.05) is 0 Å². The number of hydrogen-bond acceptors (Lipinski definition) is 2. The minimum absolute atomic E-state index is 0.886. The van der Waals surface area contributed by atoms with Gasteiger partial charge < -0.3 is 0 Å². The molecule has 2 nitrogen and oxygen atoms in total. The number of hydrogen-bond donors (Lipinski definition) is 0. The molecule has 5 rings (SSSR count). The van der Waals surface area contributed by atoms with Crippen LogP contribution in [0.5, 0.6) is 11.5 Å². The first kappa shape index (κ1) is 14.3. The van der Waals surface area contributed by atoms with Gasteiger partial charge in [0.2, 0.25) is 0 Å². The Morgan fingerprint density at radius 1 is 0.583 bits per heavy atom. The summed E-state index contributed by atoms with van der Waals surface area (Å²) < 4.78 is 12.2. The quantitative estimate of drug-likeness (QED) is 0.287. The molecule has 1 heterocycles. The SMILES string of the molecule is [Se-][PH+]1Oc2ccc3ccccc3c2-c2c(ccc3ccccc23)O1. The van der Waals surface area contributed by atoms with Crippen LogP contribution >= 0.6 is 7.07 Å². The Morgan fingerprint density at radius 3 is 1.54 bits per heavy atom. The molecule has 4 aromatic carbocycles. The van der Waals surface area contributed by atoms with Crippen molar-refractivity contribution in [2.75, 3.05) is 0 Å². The molecule has 0 atom stereocenters. The van der Waals surface area contributed by atoms with Gasteiger partial charge in [-0.1, -0.05) is 0 Å². The number of fused-ring (bicyclic) bond motifs is 7. The summed E-state index contributed by atoms with van der Waals surface area (Å²) in [4.78, 5) is 0. The van der Waals surface area contributed by atoms with E-state index in [1.54, 1.807) is 0 Å². The molecule has 0 N–H and O–H groups in total. The molecule has 4 aromatic rings. The molecule has 24 heavy (non-hydrogen) atoms. The molecule has 0 aliphatic carbocycles. The first-order chi connectivity index (χ1) is 11.8. The van der Waals surface area contributed by atoms with Crippen LogP contribution in [-0.4, -0.2) is 15.6 Å². The third-order valence-electron chi connectivity index (χ3n) is 4.42. The summed E-state index contributed by atoms with van der Waals surface area (Å²) in [6.07, 6.45) is 0. The van der Waals surface area contributed by atoms with Gasteiger partial charge in [0, 0.05) is 0 Å². The molecule has 116 valence electrons. The molecule has 0 saturated heterocycles. The molecule has 0 unspecified atom stereocenters. The second kappa shape index (κ2) is 5.50. The zero-order chi connectivity index (χ0) is 16.1. The summed E-state index contributed by atoms with van der Waals surface area (Å²) in [5.41, 5.74) is 2.24. The Bertz CT molecular complexity index is 1010. The summed E-state index contributed by atoms with van der Waals surface area (Å²) >= 11 is 3.05. The van der Waals surface area contributed by atoms with Crippen molar-refractivity contribution in [2.45, 2.75) is 0 Å². The van der Waals surface area contributed by atoms with E-state index < -0.39 is 7.07 Å². The van der Waals surface area contributed by atoms with Gasteiger partial charge >= 0.3 is 149 Å². The van der Waals surface area contributed by atoms with Gasteiger partial charge in [-0.05, 0) is 0 Å². The molecule has 0 bridgehead atoms. The molecule has 1 aliphatic rings. The van der Waals surface area contributed by atoms with Crippen molar-refractivity contribution >= 4 is 44.2 Å². The van der Waals surface area contributed by atoms with Crippen molar-refractivity contribution in [2.24, 2.45) is 0 Å². The van der Waals surface area contributed by atoms with Crippen LogP contribution in [0, 0.1) is 0 Å². The number of benzene rings is 4. The molecule has 0 aromatic heterocycles. The third kappa shape index (κ3) is 2.13. The zero-order valence-corrected chi connectivity index (χ0v) is 15.4. The van der Waals surface area contributed by atoms with Crippen molar-refractivity contribution in [1.82, 2.24) is 0 Å². The summed E-state index contributed by atoms with van der Waals surface area (Å²) in [6.45, 7) is 0. The topological polar surface area (TPSA) is 18.5 Å². The predicted molar refractivity (Wildman–Crippen MR) is 102 cm³/mol. The third-order valence-corrected chi connectivity index (χ3v) is 6.24. The molecular formula is C20H13O2PSe. The van der Waals surface area contributed by atoms with E-state index >= 15 is 0 Å². The van der Waals surface area contributed by atoms with Gasteiger partial charge in [0.1, 0.15) is 0 Å². The van der Waals surface area contributed by atoms with Crippen molar-refractivity contribution in [3.05, 3.63) is 72.8 Å². The maximum absolute atomic E-state index is 6.12. The van der Waals surface area contributed by atoms with Crippen molar-refractivity contribution in [1.29, 1.82) is 0 Å². The van der Waals surface area contributed by atoms with Crippen LogP contribution in [0.1, 0.15) is 0 Å². The zero-order valence-electron chi connectivity index (χ0n) is 12.7. The fourth-order valence-electron chi connectivity index (χ4n) is 3.39. The standard InChI is InChI=1S/C20H13O2PSe/c24-23-21-17-11-9-13-5-1-3-7-15(13)19(17)20-16-8-4-2-6-14(16)10-12-18(20)22-23/h1-12,23H. The molecule has 0 fully saturated rings. The van der Waals surface area contributed by atoms with E-state index in [0.717, 1.165) is 22.6 Å². The van der Waals surface area contributed by atoms with Crippen molar-refractivity contribution in [3.63, 3.8) is 0 Å². The first-order valence-corrected chi connectivity index (χ1v) is 11.5. The summed E-state index contributed by atoms with van der Waals surface area (Å²) in [5.74, 6) is 1.77. The minimum atomic E-state index is -1.51. The van der Waals surface area contributed by atoms with Crippen LogP contribution in [0.4, 0.5) is 0 Å². The van der Waals surface area contributed by atoms with Crippen molar-refractivity contribution in [3.8, 4) is 22.6 Å². The number of rotatable bonds is 0. The van der Waals surface area contributed by atoms with E-state index in [0.29, 0.717) is 0 Å². The van der Waals surface area contributed by atoms with Crippen LogP contribution in [0.15, 0.2) is 72.8 Å². The van der Waals surface area contributed by atoms with Gasteiger partial charge in [-0.15, -0.1) is 0 Å². The second-order valence-corrected chi connectivity index (χ2v) is 8.78. The summed E-state index contributed by atoms with van der Waals surface area (Å²) in [7, 11) is -1.51. The van der Waals surface area contributed by atoms with Crippen LogP contribution in [0.2, 0.25) is 0 Å². The Labute approximate surface area is 148 Å². The van der Waals surface area contributed by atoms with Gasteiger partial charge in [-0.2, -0.15) is 0 Å². The normalized spacial score (nSPS) is 13.7. The summed E-state index contributed by atoms with van der Waals surface area (Å²) in [6, 6.07) is 25.2. The molecular weight excluding hydrogens is 382 g/mol. The molecule has 0 radical (unpaired) electrons. The maximum atomic E-state index is 6.12. The van der Waals surface area contributed by atoms with Gasteiger partial charge in [0.05, 0.1) is 0 Å². The fraction of sp³-hybridized carbons (Fsp3) is 0. The van der Waals surface area contributed by atoms with Gasteiger partial charge in [-0.25, -0.2) is 0 Å². The second-order valence-electron chi connectivity index (χ2n) is 5.77. The molecule has 1 aliphatic heterocycles. The van der Waals surface area contributed by atoms with E-state index in [4.69, 9.17) is 9.05 Å². The van der Waals surface area contributed by atoms with Gasteiger partial charge in [0.15, 0.2) is 0 Å². The molecule has 0 amide bonds. The Balaban J connectivity index is 2.00. The molecule has 0 saturated carbocycles. The molecule has 4 heteroatoms. The van der Waals surface area contributed by atoms with Crippen molar-refractivity contribution < 1.29 is 9.05 Å². The van der Waals surface area contributed by atoms with Crippen LogP contribution in [0.25, 0.3) is 32.7 Å². The average molecular weight is 395 g/mol. The average Bonchev–Trinajstić information content (AvgIpc) is 2.77.